The van der Waals surface area contributed by atoms with Crippen molar-refractivity contribution in [2.24, 2.45) is 0 Å². The average Bonchev–Trinajstić information content (AvgIpc) is 2.96. The van der Waals surface area contributed by atoms with Crippen molar-refractivity contribution in [2.45, 2.75) is 111 Å². The quantitative estimate of drug-likeness (QED) is 0.197. The number of aliphatic hydroxyl groups is 1. The molecule has 1 aliphatic rings. The van der Waals surface area contributed by atoms with E-state index >= 15 is 0 Å². The average molecular weight is 566 g/mol. The highest BCUT2D eigenvalue weighted by atomic mass is 16.3. The zero-order valence-electron chi connectivity index (χ0n) is 26.2. The van der Waals surface area contributed by atoms with Crippen LogP contribution in [0.1, 0.15) is 106 Å². The maximum absolute atomic E-state index is 13.3. The predicted molar refractivity (Wildman–Crippen MR) is 173 cm³/mol. The van der Waals surface area contributed by atoms with Gasteiger partial charge in [-0.15, -0.1) is 0 Å². The first-order valence-electron chi connectivity index (χ1n) is 15.8. The fraction of sp³-hybridized carbons (Fsp3) is 0.459. The molecule has 0 saturated carbocycles. The zero-order chi connectivity index (χ0) is 30.1. The van der Waals surface area contributed by atoms with E-state index in [1.165, 1.54) is 51.4 Å². The third kappa shape index (κ3) is 8.10. The number of aryl methyl sites for hydroxylation is 4. The number of carbonyl (C=O) groups excluding carboxylic acids is 1. The standard InChI is InChI=1S/C37H47N3O2/c1-6-7-8-9-10-11-12-13-14-15-16-29-19-22-32(34(42)33(29)41)37-39-35(30-20-17-25(2)23-27(30)4)38-36(40-37)31-21-18-26(3)24-28(31)5/h17-24,34,42H,6-16H2,1-5H3. The lowest BCUT2D eigenvalue weighted by Crippen LogP contribution is -2.27. The van der Waals surface area contributed by atoms with E-state index in [0.717, 1.165) is 46.2 Å². The second-order valence-electron chi connectivity index (χ2n) is 12.0. The minimum absolute atomic E-state index is 0.245. The number of rotatable bonds is 14. The van der Waals surface area contributed by atoms with Crippen molar-refractivity contribution in [3.05, 3.63) is 82.2 Å². The largest absolute Gasteiger partial charge is 0.380 e. The van der Waals surface area contributed by atoms with Gasteiger partial charge in [0.15, 0.2) is 23.3 Å². The molecular formula is C37H47N3O2. The van der Waals surface area contributed by atoms with Crippen LogP contribution in [0.5, 0.6) is 0 Å². The fourth-order valence-electron chi connectivity index (χ4n) is 5.76. The van der Waals surface area contributed by atoms with Crippen molar-refractivity contribution in [3.63, 3.8) is 0 Å². The molecule has 222 valence electrons. The lowest BCUT2D eigenvalue weighted by molar-refractivity contribution is -0.121. The van der Waals surface area contributed by atoms with Crippen LogP contribution in [0.25, 0.3) is 28.3 Å². The predicted octanol–water partition coefficient (Wildman–Crippen LogP) is 9.00. The maximum atomic E-state index is 13.3. The van der Waals surface area contributed by atoms with E-state index in [0.29, 0.717) is 35.0 Å². The number of aromatic nitrogens is 3. The Bertz CT molecular complexity index is 1380. The molecule has 0 spiro atoms. The number of nitrogens with zero attached hydrogens (tertiary/aromatic N) is 3. The number of benzene rings is 2. The van der Waals surface area contributed by atoms with E-state index in [1.807, 2.05) is 50.3 Å². The van der Waals surface area contributed by atoms with Gasteiger partial charge in [-0.2, -0.15) is 0 Å². The van der Waals surface area contributed by atoms with Gasteiger partial charge in [-0.05, 0) is 57.2 Å². The Morgan fingerprint density at radius 2 is 1.12 bits per heavy atom. The summed E-state index contributed by atoms with van der Waals surface area (Å²) in [5.41, 5.74) is 7.37. The Morgan fingerprint density at radius 3 is 1.62 bits per heavy atom. The van der Waals surface area contributed by atoms with Crippen molar-refractivity contribution in [2.75, 3.05) is 0 Å². The summed E-state index contributed by atoms with van der Waals surface area (Å²) in [5.74, 6) is 1.16. The van der Waals surface area contributed by atoms with E-state index in [4.69, 9.17) is 15.0 Å². The summed E-state index contributed by atoms with van der Waals surface area (Å²) in [6.45, 7) is 10.5. The van der Waals surface area contributed by atoms with Crippen LogP contribution in [0.2, 0.25) is 0 Å². The SMILES string of the molecule is CCCCCCCCCCCCC1=CC=C(c2nc(-c3ccc(C)cc3C)nc(-c3ccc(C)cc3C)n2)C(O)C1=O. The van der Waals surface area contributed by atoms with E-state index in [-0.39, 0.29) is 5.78 Å². The number of aliphatic hydroxyl groups excluding tert-OH is 1. The van der Waals surface area contributed by atoms with Crippen LogP contribution in [-0.2, 0) is 4.79 Å². The number of hydrogen-bond acceptors (Lipinski definition) is 5. The summed E-state index contributed by atoms with van der Waals surface area (Å²) in [4.78, 5) is 27.7. The smallest absolute Gasteiger partial charge is 0.191 e. The first-order chi connectivity index (χ1) is 20.3. The molecule has 1 N–H and O–H groups in total. The molecule has 0 amide bonds. The second-order valence-corrected chi connectivity index (χ2v) is 12.0. The van der Waals surface area contributed by atoms with Crippen molar-refractivity contribution in [3.8, 4) is 22.8 Å². The molecule has 5 heteroatoms. The Balaban J connectivity index is 1.54. The molecule has 1 heterocycles. The van der Waals surface area contributed by atoms with Crippen molar-refractivity contribution >= 4 is 11.4 Å². The molecule has 4 rings (SSSR count). The molecular weight excluding hydrogens is 518 g/mol. The minimum atomic E-state index is -1.28. The zero-order valence-corrected chi connectivity index (χ0v) is 26.2. The second kappa shape index (κ2) is 15.2. The van der Waals surface area contributed by atoms with Crippen LogP contribution < -0.4 is 0 Å². The van der Waals surface area contributed by atoms with Gasteiger partial charge in [0, 0.05) is 16.7 Å². The Kier molecular flexibility index (Phi) is 11.4. The molecule has 1 aromatic heterocycles. The molecule has 0 fully saturated rings. The summed E-state index contributed by atoms with van der Waals surface area (Å²) in [6.07, 6.45) is 15.6. The number of hydrogen-bond donors (Lipinski definition) is 1. The summed E-state index contributed by atoms with van der Waals surface area (Å²) in [5, 5.41) is 11.2. The van der Waals surface area contributed by atoms with Crippen molar-refractivity contribution < 1.29 is 9.90 Å². The maximum Gasteiger partial charge on any atom is 0.191 e. The Labute approximate surface area is 252 Å². The topological polar surface area (TPSA) is 76.0 Å². The van der Waals surface area contributed by atoms with Crippen LogP contribution in [0.4, 0.5) is 0 Å². The van der Waals surface area contributed by atoms with Gasteiger partial charge in [-0.3, -0.25) is 4.79 Å². The van der Waals surface area contributed by atoms with Crippen LogP contribution in [0, 0.1) is 27.7 Å². The Hall–Kier alpha value is -3.44. The molecule has 42 heavy (non-hydrogen) atoms. The van der Waals surface area contributed by atoms with Gasteiger partial charge in [-0.1, -0.05) is 124 Å². The highest BCUT2D eigenvalue weighted by molar-refractivity contribution is 6.08. The molecule has 1 unspecified atom stereocenters. The van der Waals surface area contributed by atoms with Gasteiger partial charge in [0.2, 0.25) is 0 Å². The minimum Gasteiger partial charge on any atom is -0.380 e. The van der Waals surface area contributed by atoms with Crippen LogP contribution in [0.3, 0.4) is 0 Å². The van der Waals surface area contributed by atoms with E-state index in [1.54, 1.807) is 0 Å². The number of Topliss-reactive ketones (excluding diaryl/α,β-unsaturated/α-hetero) is 1. The first-order valence-corrected chi connectivity index (χ1v) is 15.8. The number of ketones is 1. The molecule has 1 aliphatic carbocycles. The number of allylic oxidation sites excluding steroid dienone is 2. The van der Waals surface area contributed by atoms with E-state index in [9.17, 15) is 9.90 Å². The molecule has 0 saturated heterocycles. The van der Waals surface area contributed by atoms with Gasteiger partial charge >= 0.3 is 0 Å². The molecule has 0 radical (unpaired) electrons. The highest BCUT2D eigenvalue weighted by Gasteiger charge is 2.29. The Morgan fingerprint density at radius 1 is 0.643 bits per heavy atom. The monoisotopic (exact) mass is 565 g/mol. The molecule has 2 aromatic carbocycles. The summed E-state index contributed by atoms with van der Waals surface area (Å²) in [6, 6.07) is 12.4. The van der Waals surface area contributed by atoms with Gasteiger partial charge in [0.25, 0.3) is 0 Å². The number of unbranched alkanes of at least 4 members (excludes halogenated alkanes) is 9. The summed E-state index contributed by atoms with van der Waals surface area (Å²) in [7, 11) is 0. The molecule has 5 nitrogen and oxygen atoms in total. The normalized spacial score (nSPS) is 15.1. The van der Waals surface area contributed by atoms with Crippen molar-refractivity contribution in [1.82, 2.24) is 15.0 Å². The van der Waals surface area contributed by atoms with Gasteiger partial charge in [-0.25, -0.2) is 15.0 Å². The van der Waals surface area contributed by atoms with Crippen molar-refractivity contribution in [1.29, 1.82) is 0 Å². The highest BCUT2D eigenvalue weighted by Crippen LogP contribution is 2.31. The molecule has 3 aromatic rings. The lowest BCUT2D eigenvalue weighted by Gasteiger charge is -2.20. The third-order valence-electron chi connectivity index (χ3n) is 8.26. The summed E-state index contributed by atoms with van der Waals surface area (Å²) >= 11 is 0. The van der Waals surface area contributed by atoms with Crippen LogP contribution in [-0.4, -0.2) is 31.9 Å². The van der Waals surface area contributed by atoms with Gasteiger partial charge in [0.05, 0.1) is 0 Å². The van der Waals surface area contributed by atoms with Gasteiger partial charge in [0.1, 0.15) is 6.10 Å². The fourth-order valence-corrected chi connectivity index (χ4v) is 5.76. The lowest BCUT2D eigenvalue weighted by atomic mass is 9.90. The summed E-state index contributed by atoms with van der Waals surface area (Å²) < 4.78 is 0. The molecule has 1 atom stereocenters. The van der Waals surface area contributed by atoms with Crippen LogP contribution >= 0.6 is 0 Å². The third-order valence-corrected chi connectivity index (χ3v) is 8.26. The van der Waals surface area contributed by atoms with Gasteiger partial charge < -0.3 is 5.11 Å². The molecule has 0 aliphatic heterocycles. The van der Waals surface area contributed by atoms with Crippen LogP contribution in [0.15, 0.2) is 54.1 Å². The molecule has 0 bridgehead atoms. The van der Waals surface area contributed by atoms with E-state index in [2.05, 4.69) is 32.9 Å². The van der Waals surface area contributed by atoms with E-state index < -0.39 is 6.10 Å². The number of carbonyl (C=O) groups is 1. The first kappa shape index (κ1) is 31.5.